The number of anilines is 1. The summed E-state index contributed by atoms with van der Waals surface area (Å²) in [5, 5.41) is 3.47. The molecule has 2 aromatic carbocycles. The molecule has 0 aliphatic heterocycles. The molecule has 0 fully saturated rings. The topological polar surface area (TPSA) is 38.3 Å². The van der Waals surface area contributed by atoms with E-state index in [1.807, 2.05) is 50.2 Å². The van der Waals surface area contributed by atoms with Crippen molar-refractivity contribution in [3.8, 4) is 5.75 Å². The number of carbonyl (C=O) groups excluding carboxylic acids is 1. The van der Waals surface area contributed by atoms with Crippen LogP contribution in [-0.2, 0) is 4.79 Å². The third-order valence-corrected chi connectivity index (χ3v) is 3.04. The normalized spacial score (nSPS) is 10.9. The average molecular weight is 316 g/mol. The van der Waals surface area contributed by atoms with Gasteiger partial charge in [-0.05, 0) is 61.9 Å². The number of rotatable bonds is 5. The Balaban J connectivity index is 1.92. The van der Waals surface area contributed by atoms with E-state index in [4.69, 9.17) is 16.3 Å². The number of nitrogens with one attached hydrogen (secondary N) is 1. The lowest BCUT2D eigenvalue weighted by molar-refractivity contribution is -0.111. The Morgan fingerprint density at radius 2 is 1.73 bits per heavy atom. The average Bonchev–Trinajstić information content (AvgIpc) is 2.48. The Labute approximate surface area is 135 Å². The zero-order chi connectivity index (χ0) is 15.9. The summed E-state index contributed by atoms with van der Waals surface area (Å²) >= 11 is 5.81. The number of hydrogen-bond donors (Lipinski definition) is 1. The van der Waals surface area contributed by atoms with E-state index >= 15 is 0 Å². The van der Waals surface area contributed by atoms with Gasteiger partial charge >= 0.3 is 0 Å². The summed E-state index contributed by atoms with van der Waals surface area (Å²) in [5.74, 6) is 0.595. The minimum absolute atomic E-state index is 0.128. The van der Waals surface area contributed by atoms with Crippen LogP contribution >= 0.6 is 11.6 Å². The van der Waals surface area contributed by atoms with Crippen LogP contribution in [0.1, 0.15) is 19.4 Å². The molecule has 0 aromatic heterocycles. The van der Waals surface area contributed by atoms with E-state index < -0.39 is 0 Å². The maximum atomic E-state index is 11.9. The van der Waals surface area contributed by atoms with Crippen molar-refractivity contribution in [3.05, 3.63) is 65.2 Å². The van der Waals surface area contributed by atoms with Crippen molar-refractivity contribution in [1.82, 2.24) is 0 Å². The summed E-state index contributed by atoms with van der Waals surface area (Å²) in [7, 11) is 0. The fraction of sp³-hybridized carbons (Fsp3) is 0.167. The van der Waals surface area contributed by atoms with Crippen LogP contribution < -0.4 is 10.1 Å². The largest absolute Gasteiger partial charge is 0.491 e. The summed E-state index contributed by atoms with van der Waals surface area (Å²) in [4.78, 5) is 11.9. The van der Waals surface area contributed by atoms with Crippen molar-refractivity contribution in [3.63, 3.8) is 0 Å². The van der Waals surface area contributed by atoms with Crippen LogP contribution in [0.5, 0.6) is 5.75 Å². The zero-order valence-corrected chi connectivity index (χ0v) is 13.3. The van der Waals surface area contributed by atoms with Gasteiger partial charge in [-0.3, -0.25) is 4.79 Å². The van der Waals surface area contributed by atoms with Gasteiger partial charge in [0.15, 0.2) is 0 Å². The Morgan fingerprint density at radius 1 is 1.09 bits per heavy atom. The molecule has 1 amide bonds. The third-order valence-electron chi connectivity index (χ3n) is 2.79. The maximum absolute atomic E-state index is 11.9. The Bertz CT molecular complexity index is 646. The van der Waals surface area contributed by atoms with Gasteiger partial charge in [0, 0.05) is 16.8 Å². The van der Waals surface area contributed by atoms with E-state index in [1.54, 1.807) is 18.2 Å². The summed E-state index contributed by atoms with van der Waals surface area (Å²) in [6.07, 6.45) is 3.35. The van der Waals surface area contributed by atoms with Crippen molar-refractivity contribution >= 4 is 29.3 Å². The van der Waals surface area contributed by atoms with Gasteiger partial charge in [0.2, 0.25) is 5.91 Å². The van der Waals surface area contributed by atoms with Gasteiger partial charge in [0.25, 0.3) is 0 Å². The second-order valence-electron chi connectivity index (χ2n) is 5.07. The summed E-state index contributed by atoms with van der Waals surface area (Å²) in [6.45, 7) is 3.94. The summed E-state index contributed by atoms with van der Waals surface area (Å²) in [6, 6.07) is 14.6. The van der Waals surface area contributed by atoms with Crippen LogP contribution in [0.15, 0.2) is 54.6 Å². The highest BCUT2D eigenvalue weighted by molar-refractivity contribution is 6.30. The highest BCUT2D eigenvalue weighted by Gasteiger charge is 2.00. The van der Waals surface area contributed by atoms with Crippen molar-refractivity contribution < 1.29 is 9.53 Å². The van der Waals surface area contributed by atoms with Gasteiger partial charge in [-0.15, -0.1) is 0 Å². The fourth-order valence-corrected chi connectivity index (χ4v) is 1.94. The molecule has 0 spiro atoms. The third kappa shape index (κ3) is 5.26. The molecule has 0 atom stereocenters. The standard InChI is InChI=1S/C18H18ClNO2/c1-13(2)22-17-10-8-16(9-11-17)20-18(21)12-5-14-3-6-15(19)7-4-14/h3-13H,1-2H3,(H,20,21)/b12-5+. The molecule has 0 aliphatic rings. The second kappa shape index (κ2) is 7.66. The first-order valence-electron chi connectivity index (χ1n) is 7.04. The van der Waals surface area contributed by atoms with Gasteiger partial charge < -0.3 is 10.1 Å². The number of amides is 1. The van der Waals surface area contributed by atoms with Crippen molar-refractivity contribution in [1.29, 1.82) is 0 Å². The molecule has 2 aromatic rings. The lowest BCUT2D eigenvalue weighted by atomic mass is 10.2. The van der Waals surface area contributed by atoms with E-state index in [0.717, 1.165) is 17.0 Å². The summed E-state index contributed by atoms with van der Waals surface area (Å²) in [5.41, 5.74) is 1.64. The molecule has 3 nitrogen and oxygen atoms in total. The van der Waals surface area contributed by atoms with Gasteiger partial charge in [-0.1, -0.05) is 23.7 Å². The molecular formula is C18H18ClNO2. The van der Waals surface area contributed by atoms with E-state index in [9.17, 15) is 4.79 Å². The highest BCUT2D eigenvalue weighted by Crippen LogP contribution is 2.17. The van der Waals surface area contributed by atoms with Gasteiger partial charge in [0.1, 0.15) is 5.75 Å². The molecule has 0 radical (unpaired) electrons. The highest BCUT2D eigenvalue weighted by atomic mass is 35.5. The number of carbonyl (C=O) groups is 1. The van der Waals surface area contributed by atoms with Crippen LogP contribution in [0.4, 0.5) is 5.69 Å². The predicted molar refractivity (Wildman–Crippen MR) is 91.3 cm³/mol. The first kappa shape index (κ1) is 16.1. The minimum atomic E-state index is -0.188. The van der Waals surface area contributed by atoms with E-state index in [0.29, 0.717) is 5.02 Å². The maximum Gasteiger partial charge on any atom is 0.248 e. The quantitative estimate of drug-likeness (QED) is 0.806. The first-order chi connectivity index (χ1) is 10.5. The molecule has 4 heteroatoms. The number of ether oxygens (including phenoxy) is 1. The molecule has 22 heavy (non-hydrogen) atoms. The van der Waals surface area contributed by atoms with Gasteiger partial charge in [0.05, 0.1) is 6.10 Å². The predicted octanol–water partition coefficient (Wildman–Crippen LogP) is 4.78. The Hall–Kier alpha value is -2.26. The smallest absolute Gasteiger partial charge is 0.248 e. The lowest BCUT2D eigenvalue weighted by Crippen LogP contribution is -2.08. The first-order valence-corrected chi connectivity index (χ1v) is 7.42. The number of halogens is 1. The second-order valence-corrected chi connectivity index (χ2v) is 5.50. The molecule has 0 heterocycles. The van der Waals surface area contributed by atoms with Gasteiger partial charge in [-0.2, -0.15) is 0 Å². The fourth-order valence-electron chi connectivity index (χ4n) is 1.82. The molecule has 0 saturated heterocycles. The van der Waals surface area contributed by atoms with Crippen LogP contribution in [0.25, 0.3) is 6.08 Å². The van der Waals surface area contributed by atoms with Crippen LogP contribution in [0.2, 0.25) is 5.02 Å². The molecular weight excluding hydrogens is 298 g/mol. The minimum Gasteiger partial charge on any atom is -0.491 e. The molecule has 0 saturated carbocycles. The van der Waals surface area contributed by atoms with Crippen molar-refractivity contribution in [2.45, 2.75) is 20.0 Å². The van der Waals surface area contributed by atoms with E-state index in [-0.39, 0.29) is 12.0 Å². The van der Waals surface area contributed by atoms with E-state index in [1.165, 1.54) is 6.08 Å². The van der Waals surface area contributed by atoms with Crippen LogP contribution in [0, 0.1) is 0 Å². The molecule has 2 rings (SSSR count). The zero-order valence-electron chi connectivity index (χ0n) is 12.5. The molecule has 0 aliphatic carbocycles. The Morgan fingerprint density at radius 3 is 2.32 bits per heavy atom. The SMILES string of the molecule is CC(C)Oc1ccc(NC(=O)/C=C/c2ccc(Cl)cc2)cc1. The van der Waals surface area contributed by atoms with Crippen molar-refractivity contribution in [2.75, 3.05) is 5.32 Å². The monoisotopic (exact) mass is 315 g/mol. The molecule has 0 unspecified atom stereocenters. The Kier molecular flexibility index (Phi) is 5.61. The van der Waals surface area contributed by atoms with Gasteiger partial charge in [-0.25, -0.2) is 0 Å². The summed E-state index contributed by atoms with van der Waals surface area (Å²) < 4.78 is 5.55. The van der Waals surface area contributed by atoms with Crippen LogP contribution in [-0.4, -0.2) is 12.0 Å². The van der Waals surface area contributed by atoms with Crippen LogP contribution in [0.3, 0.4) is 0 Å². The molecule has 0 bridgehead atoms. The number of benzene rings is 2. The molecule has 114 valence electrons. The number of hydrogen-bond acceptors (Lipinski definition) is 2. The molecule has 1 N–H and O–H groups in total. The lowest BCUT2D eigenvalue weighted by Gasteiger charge is -2.10. The van der Waals surface area contributed by atoms with E-state index in [2.05, 4.69) is 5.32 Å². The van der Waals surface area contributed by atoms with Crippen molar-refractivity contribution in [2.24, 2.45) is 0 Å².